The molecule has 176 valence electrons. The van der Waals surface area contributed by atoms with Gasteiger partial charge < -0.3 is 19.2 Å². The number of carbonyl (C=O) groups excluding carboxylic acids is 1. The van der Waals surface area contributed by atoms with Crippen LogP contribution in [0.3, 0.4) is 0 Å². The first-order valence-electron chi connectivity index (χ1n) is 10.4. The van der Waals surface area contributed by atoms with Gasteiger partial charge in [-0.2, -0.15) is 0 Å². The summed E-state index contributed by atoms with van der Waals surface area (Å²) in [5.41, 5.74) is 2.56. The first-order chi connectivity index (χ1) is 16.3. The van der Waals surface area contributed by atoms with Gasteiger partial charge in [0.2, 0.25) is 5.91 Å². The Morgan fingerprint density at radius 2 is 1.79 bits per heavy atom. The topological polar surface area (TPSA) is 107 Å². The van der Waals surface area contributed by atoms with Crippen LogP contribution in [-0.4, -0.2) is 28.5 Å². The molecule has 4 rings (SSSR count). The molecule has 0 saturated carbocycles. The van der Waals surface area contributed by atoms with Crippen molar-refractivity contribution in [2.24, 2.45) is 0 Å². The molecule has 0 atom stereocenters. The predicted molar refractivity (Wildman–Crippen MR) is 130 cm³/mol. The van der Waals surface area contributed by atoms with Crippen molar-refractivity contribution in [3.05, 3.63) is 78.1 Å². The molecular weight excluding hydrogens is 456 g/mol. The van der Waals surface area contributed by atoms with Gasteiger partial charge in [-0.15, -0.1) is 0 Å². The van der Waals surface area contributed by atoms with Gasteiger partial charge in [0, 0.05) is 22.7 Å². The van der Waals surface area contributed by atoms with Gasteiger partial charge in [-0.3, -0.25) is 9.52 Å². The number of fused-ring (bicyclic) bond motifs is 1. The number of nitrogens with one attached hydrogen (secondary N) is 2. The molecule has 1 heterocycles. The first-order valence-corrected chi connectivity index (χ1v) is 11.9. The normalized spacial score (nSPS) is 11.3. The van der Waals surface area contributed by atoms with Crippen molar-refractivity contribution < 1.29 is 27.1 Å². The van der Waals surface area contributed by atoms with Crippen LogP contribution in [0, 0.1) is 6.92 Å². The number of hydrogen-bond donors (Lipinski definition) is 2. The molecule has 9 heteroatoms. The molecule has 4 aromatic rings. The number of aryl methyl sites for hydroxylation is 1. The Labute approximate surface area is 197 Å². The average Bonchev–Trinajstić information content (AvgIpc) is 3.22. The zero-order chi connectivity index (χ0) is 24.3. The second kappa shape index (κ2) is 9.48. The van der Waals surface area contributed by atoms with Gasteiger partial charge in [-0.1, -0.05) is 18.2 Å². The SMILES string of the molecule is COc1ccc2c(CC(=O)Nc3ccc(C)c(S(=O)(=O)Nc4ccccc4OC)c3)coc2c1. The van der Waals surface area contributed by atoms with Crippen molar-refractivity contribution in [1.29, 1.82) is 0 Å². The number of benzene rings is 3. The molecule has 0 aliphatic carbocycles. The molecule has 0 spiro atoms. The van der Waals surface area contributed by atoms with Crippen molar-refractivity contribution in [2.45, 2.75) is 18.2 Å². The summed E-state index contributed by atoms with van der Waals surface area (Å²) in [6.45, 7) is 1.69. The highest BCUT2D eigenvalue weighted by Gasteiger charge is 2.20. The summed E-state index contributed by atoms with van der Waals surface area (Å²) in [6.07, 6.45) is 1.60. The summed E-state index contributed by atoms with van der Waals surface area (Å²) < 4.78 is 44.7. The van der Waals surface area contributed by atoms with E-state index in [1.807, 2.05) is 6.07 Å². The van der Waals surface area contributed by atoms with Gasteiger partial charge in [-0.25, -0.2) is 8.42 Å². The third-order valence-corrected chi connectivity index (χ3v) is 6.83. The van der Waals surface area contributed by atoms with Gasteiger partial charge in [0.1, 0.15) is 17.1 Å². The maximum atomic E-state index is 13.1. The lowest BCUT2D eigenvalue weighted by Crippen LogP contribution is -2.17. The van der Waals surface area contributed by atoms with E-state index >= 15 is 0 Å². The number of furan rings is 1. The molecule has 1 aromatic heterocycles. The molecule has 8 nitrogen and oxygen atoms in total. The molecule has 3 aromatic carbocycles. The van der Waals surface area contributed by atoms with E-state index in [9.17, 15) is 13.2 Å². The number of anilines is 2. The summed E-state index contributed by atoms with van der Waals surface area (Å²) in [5.74, 6) is 0.759. The standard InChI is InChI=1S/C25H24N2O6S/c1-16-8-9-18(13-24(16)34(29,30)27-21-6-4-5-7-22(21)32-3)26-25(28)12-17-15-33-23-14-19(31-2)10-11-20(17)23/h4-11,13-15,27H,12H2,1-3H3,(H,26,28). The van der Waals surface area contributed by atoms with Crippen LogP contribution in [0.15, 0.2) is 76.2 Å². The molecule has 0 unspecified atom stereocenters. The summed E-state index contributed by atoms with van der Waals surface area (Å²) in [6, 6.07) is 16.9. The smallest absolute Gasteiger partial charge is 0.262 e. The van der Waals surface area contributed by atoms with Gasteiger partial charge in [0.15, 0.2) is 0 Å². The van der Waals surface area contributed by atoms with Crippen molar-refractivity contribution in [3.63, 3.8) is 0 Å². The number of carbonyl (C=O) groups is 1. The Kier molecular flexibility index (Phi) is 6.47. The van der Waals surface area contributed by atoms with Crippen LogP contribution >= 0.6 is 0 Å². The van der Waals surface area contributed by atoms with E-state index in [1.165, 1.54) is 19.4 Å². The van der Waals surface area contributed by atoms with Crippen molar-refractivity contribution >= 4 is 38.3 Å². The van der Waals surface area contributed by atoms with E-state index in [0.29, 0.717) is 39.6 Å². The Balaban J connectivity index is 1.53. The molecule has 0 saturated heterocycles. The lowest BCUT2D eigenvalue weighted by molar-refractivity contribution is -0.115. The Hall–Kier alpha value is -3.98. The number of rotatable bonds is 8. The van der Waals surface area contributed by atoms with Crippen LogP contribution in [0.5, 0.6) is 11.5 Å². The van der Waals surface area contributed by atoms with E-state index in [1.54, 1.807) is 62.6 Å². The number of sulfonamides is 1. The predicted octanol–water partition coefficient (Wildman–Crippen LogP) is 4.74. The van der Waals surface area contributed by atoms with Gasteiger partial charge in [0.05, 0.1) is 37.5 Å². The summed E-state index contributed by atoms with van der Waals surface area (Å²) in [5, 5.41) is 3.58. The van der Waals surface area contributed by atoms with Gasteiger partial charge in [0.25, 0.3) is 10.0 Å². The number of para-hydroxylation sites is 2. The molecule has 0 radical (unpaired) electrons. The highest BCUT2D eigenvalue weighted by molar-refractivity contribution is 7.92. The lowest BCUT2D eigenvalue weighted by Gasteiger charge is -2.14. The van der Waals surface area contributed by atoms with Crippen LogP contribution in [-0.2, 0) is 21.2 Å². The molecule has 0 aliphatic heterocycles. The van der Waals surface area contributed by atoms with E-state index < -0.39 is 10.0 Å². The Morgan fingerprint density at radius 1 is 1.00 bits per heavy atom. The fraction of sp³-hybridized carbons (Fsp3) is 0.160. The average molecular weight is 481 g/mol. The second-order valence-electron chi connectivity index (χ2n) is 7.63. The molecule has 34 heavy (non-hydrogen) atoms. The fourth-order valence-electron chi connectivity index (χ4n) is 3.60. The van der Waals surface area contributed by atoms with Crippen LogP contribution < -0.4 is 19.5 Å². The molecule has 0 bridgehead atoms. The minimum atomic E-state index is -3.93. The lowest BCUT2D eigenvalue weighted by atomic mass is 10.1. The third-order valence-electron chi connectivity index (χ3n) is 5.33. The monoisotopic (exact) mass is 480 g/mol. The van der Waals surface area contributed by atoms with Crippen LogP contribution in [0.4, 0.5) is 11.4 Å². The molecule has 0 fully saturated rings. The minimum Gasteiger partial charge on any atom is -0.497 e. The summed E-state index contributed by atoms with van der Waals surface area (Å²) in [7, 11) is -0.892. The minimum absolute atomic E-state index is 0.0528. The zero-order valence-electron chi connectivity index (χ0n) is 18.9. The highest BCUT2D eigenvalue weighted by atomic mass is 32.2. The Morgan fingerprint density at radius 3 is 2.56 bits per heavy atom. The van der Waals surface area contributed by atoms with Gasteiger partial charge in [-0.05, 0) is 48.9 Å². The van der Waals surface area contributed by atoms with Crippen LogP contribution in [0.2, 0.25) is 0 Å². The number of amides is 1. The van der Waals surface area contributed by atoms with Crippen LogP contribution in [0.25, 0.3) is 11.0 Å². The number of methoxy groups -OCH3 is 2. The third kappa shape index (κ3) is 4.84. The van der Waals surface area contributed by atoms with E-state index in [2.05, 4.69) is 10.0 Å². The number of ether oxygens (including phenoxy) is 2. The summed E-state index contributed by atoms with van der Waals surface area (Å²) >= 11 is 0. The van der Waals surface area contributed by atoms with Crippen molar-refractivity contribution in [3.8, 4) is 11.5 Å². The molecule has 2 N–H and O–H groups in total. The summed E-state index contributed by atoms with van der Waals surface area (Å²) in [4.78, 5) is 12.8. The second-order valence-corrected chi connectivity index (χ2v) is 9.28. The van der Waals surface area contributed by atoms with Gasteiger partial charge >= 0.3 is 0 Å². The zero-order valence-corrected chi connectivity index (χ0v) is 19.7. The number of hydrogen-bond acceptors (Lipinski definition) is 6. The van der Waals surface area contributed by atoms with E-state index in [-0.39, 0.29) is 17.2 Å². The maximum Gasteiger partial charge on any atom is 0.262 e. The van der Waals surface area contributed by atoms with Crippen molar-refractivity contribution in [2.75, 3.05) is 24.3 Å². The van der Waals surface area contributed by atoms with E-state index in [4.69, 9.17) is 13.9 Å². The quantitative estimate of drug-likeness (QED) is 0.377. The Bertz CT molecular complexity index is 1460. The fourth-order valence-corrected chi connectivity index (χ4v) is 4.94. The largest absolute Gasteiger partial charge is 0.497 e. The maximum absolute atomic E-state index is 13.1. The van der Waals surface area contributed by atoms with Crippen molar-refractivity contribution in [1.82, 2.24) is 0 Å². The van der Waals surface area contributed by atoms with Crippen LogP contribution in [0.1, 0.15) is 11.1 Å². The molecule has 1 amide bonds. The molecular formula is C25H24N2O6S. The van der Waals surface area contributed by atoms with E-state index in [0.717, 1.165) is 5.39 Å². The molecule has 0 aliphatic rings. The first kappa shape index (κ1) is 23.2. The highest BCUT2D eigenvalue weighted by Crippen LogP contribution is 2.29.